The topological polar surface area (TPSA) is 22.4 Å². The summed E-state index contributed by atoms with van der Waals surface area (Å²) >= 11 is 0. The predicted octanol–water partition coefficient (Wildman–Crippen LogP) is 5.78. The SMILES string of the molecule is COc1ccccc1-c1c(-c2ccccc2)oc2ccccc12. The fraction of sp³-hybridized carbons (Fsp3) is 0.0476. The van der Waals surface area contributed by atoms with Crippen molar-refractivity contribution >= 4 is 11.0 Å². The second-order valence-electron chi connectivity index (χ2n) is 5.37. The van der Waals surface area contributed by atoms with Crippen LogP contribution in [0.15, 0.2) is 83.3 Å². The van der Waals surface area contributed by atoms with E-state index in [0.29, 0.717) is 0 Å². The molecule has 23 heavy (non-hydrogen) atoms. The lowest BCUT2D eigenvalue weighted by molar-refractivity contribution is 0.416. The molecule has 112 valence electrons. The van der Waals surface area contributed by atoms with Crippen LogP contribution in [0, 0.1) is 0 Å². The Morgan fingerprint density at radius 1 is 0.739 bits per heavy atom. The molecule has 4 aromatic rings. The molecule has 0 atom stereocenters. The van der Waals surface area contributed by atoms with Crippen molar-refractivity contribution in [1.82, 2.24) is 0 Å². The molecule has 2 nitrogen and oxygen atoms in total. The minimum Gasteiger partial charge on any atom is -0.496 e. The molecule has 1 heterocycles. The first-order valence-corrected chi connectivity index (χ1v) is 7.59. The van der Waals surface area contributed by atoms with Gasteiger partial charge in [-0.1, -0.05) is 66.7 Å². The maximum absolute atomic E-state index is 6.18. The third-order valence-electron chi connectivity index (χ3n) is 4.01. The Balaban J connectivity index is 2.08. The van der Waals surface area contributed by atoms with Gasteiger partial charge in [-0.05, 0) is 12.1 Å². The first kappa shape index (κ1) is 13.6. The van der Waals surface area contributed by atoms with Crippen molar-refractivity contribution in [2.75, 3.05) is 7.11 Å². The molecule has 0 saturated carbocycles. The molecule has 4 rings (SSSR count). The van der Waals surface area contributed by atoms with Crippen LogP contribution in [0.4, 0.5) is 0 Å². The molecule has 0 amide bonds. The summed E-state index contributed by atoms with van der Waals surface area (Å²) in [4.78, 5) is 0. The van der Waals surface area contributed by atoms with Gasteiger partial charge in [-0.25, -0.2) is 0 Å². The molecule has 0 saturated heterocycles. The molecule has 0 bridgehead atoms. The largest absolute Gasteiger partial charge is 0.496 e. The molecule has 0 aliphatic rings. The van der Waals surface area contributed by atoms with Gasteiger partial charge >= 0.3 is 0 Å². The molecule has 0 spiro atoms. The van der Waals surface area contributed by atoms with E-state index in [2.05, 4.69) is 24.3 Å². The molecule has 2 heteroatoms. The standard InChI is InChI=1S/C21H16O2/c1-22-18-13-7-5-11-16(18)20-17-12-6-8-14-19(17)23-21(20)15-9-3-2-4-10-15/h2-14H,1H3. The molecule has 3 aromatic carbocycles. The normalized spacial score (nSPS) is 10.8. The summed E-state index contributed by atoms with van der Waals surface area (Å²) in [7, 11) is 1.70. The van der Waals surface area contributed by atoms with Gasteiger partial charge in [-0.2, -0.15) is 0 Å². The molecular weight excluding hydrogens is 284 g/mol. The van der Waals surface area contributed by atoms with Gasteiger partial charge in [-0.15, -0.1) is 0 Å². The van der Waals surface area contributed by atoms with E-state index in [1.54, 1.807) is 7.11 Å². The van der Waals surface area contributed by atoms with E-state index in [1.165, 1.54) is 0 Å². The number of ether oxygens (including phenoxy) is 1. The average Bonchev–Trinajstić information content (AvgIpc) is 3.02. The number of hydrogen-bond acceptors (Lipinski definition) is 2. The Kier molecular flexibility index (Phi) is 3.35. The fourth-order valence-corrected chi connectivity index (χ4v) is 2.96. The summed E-state index contributed by atoms with van der Waals surface area (Å²) in [6, 6.07) is 26.4. The maximum Gasteiger partial charge on any atom is 0.143 e. The summed E-state index contributed by atoms with van der Waals surface area (Å²) in [5.74, 6) is 1.72. The first-order valence-electron chi connectivity index (χ1n) is 7.59. The summed E-state index contributed by atoms with van der Waals surface area (Å²) in [5, 5.41) is 1.09. The zero-order valence-corrected chi connectivity index (χ0v) is 12.8. The molecule has 0 aliphatic heterocycles. The van der Waals surface area contributed by atoms with Crippen LogP contribution in [-0.4, -0.2) is 7.11 Å². The van der Waals surface area contributed by atoms with Crippen LogP contribution in [0.2, 0.25) is 0 Å². The van der Waals surface area contributed by atoms with Crippen molar-refractivity contribution in [1.29, 1.82) is 0 Å². The van der Waals surface area contributed by atoms with E-state index in [0.717, 1.165) is 39.2 Å². The predicted molar refractivity (Wildman–Crippen MR) is 93.6 cm³/mol. The van der Waals surface area contributed by atoms with Crippen molar-refractivity contribution < 1.29 is 9.15 Å². The summed E-state index contributed by atoms with van der Waals surface area (Å²) in [6.45, 7) is 0. The van der Waals surface area contributed by atoms with Gasteiger partial charge in [0.1, 0.15) is 17.1 Å². The Morgan fingerprint density at radius 2 is 1.43 bits per heavy atom. The highest BCUT2D eigenvalue weighted by molar-refractivity contribution is 6.02. The van der Waals surface area contributed by atoms with Crippen molar-refractivity contribution in [3.63, 3.8) is 0 Å². The zero-order valence-electron chi connectivity index (χ0n) is 12.8. The highest BCUT2D eigenvalue weighted by Gasteiger charge is 2.19. The number of rotatable bonds is 3. The molecule has 0 N–H and O–H groups in total. The summed E-state index contributed by atoms with van der Waals surface area (Å²) < 4.78 is 11.8. The second kappa shape index (κ2) is 5.65. The van der Waals surface area contributed by atoms with E-state index in [4.69, 9.17) is 9.15 Å². The van der Waals surface area contributed by atoms with E-state index in [-0.39, 0.29) is 0 Å². The summed E-state index contributed by atoms with van der Waals surface area (Å²) in [5.41, 5.74) is 4.06. The number of fused-ring (bicyclic) bond motifs is 1. The van der Waals surface area contributed by atoms with Gasteiger partial charge in [-0.3, -0.25) is 0 Å². The van der Waals surface area contributed by atoms with Crippen LogP contribution in [0.5, 0.6) is 5.75 Å². The Hall–Kier alpha value is -3.00. The zero-order chi connectivity index (χ0) is 15.6. The lowest BCUT2D eigenvalue weighted by Gasteiger charge is -2.09. The smallest absolute Gasteiger partial charge is 0.143 e. The van der Waals surface area contributed by atoms with E-state index >= 15 is 0 Å². The lowest BCUT2D eigenvalue weighted by atomic mass is 9.98. The number of para-hydroxylation sites is 2. The van der Waals surface area contributed by atoms with Crippen LogP contribution < -0.4 is 4.74 Å². The third-order valence-corrected chi connectivity index (χ3v) is 4.01. The van der Waals surface area contributed by atoms with E-state index in [9.17, 15) is 0 Å². The molecule has 0 aliphatic carbocycles. The Labute approximate surface area is 135 Å². The Bertz CT molecular complexity index is 952. The lowest BCUT2D eigenvalue weighted by Crippen LogP contribution is -1.88. The van der Waals surface area contributed by atoms with Gasteiger partial charge in [0.2, 0.25) is 0 Å². The first-order chi connectivity index (χ1) is 11.4. The van der Waals surface area contributed by atoms with Crippen LogP contribution >= 0.6 is 0 Å². The molecule has 0 fully saturated rings. The highest BCUT2D eigenvalue weighted by Crippen LogP contribution is 2.43. The Morgan fingerprint density at radius 3 is 2.26 bits per heavy atom. The van der Waals surface area contributed by atoms with Crippen LogP contribution in [0.25, 0.3) is 33.4 Å². The van der Waals surface area contributed by atoms with Crippen molar-refractivity contribution in [2.24, 2.45) is 0 Å². The second-order valence-corrected chi connectivity index (χ2v) is 5.37. The molecule has 1 aromatic heterocycles. The van der Waals surface area contributed by atoms with Crippen molar-refractivity contribution in [3.8, 4) is 28.2 Å². The summed E-state index contributed by atoms with van der Waals surface area (Å²) in [6.07, 6.45) is 0. The number of methoxy groups -OCH3 is 1. The molecular formula is C21H16O2. The quantitative estimate of drug-likeness (QED) is 0.479. The van der Waals surface area contributed by atoms with Crippen molar-refractivity contribution in [2.45, 2.75) is 0 Å². The average molecular weight is 300 g/mol. The number of hydrogen-bond donors (Lipinski definition) is 0. The fourth-order valence-electron chi connectivity index (χ4n) is 2.96. The maximum atomic E-state index is 6.18. The van der Waals surface area contributed by atoms with Crippen LogP contribution in [0.3, 0.4) is 0 Å². The van der Waals surface area contributed by atoms with Crippen LogP contribution in [-0.2, 0) is 0 Å². The van der Waals surface area contributed by atoms with Gasteiger partial charge in [0.05, 0.1) is 7.11 Å². The number of furan rings is 1. The van der Waals surface area contributed by atoms with Gasteiger partial charge in [0.15, 0.2) is 0 Å². The minimum atomic E-state index is 0.844. The molecule has 0 radical (unpaired) electrons. The van der Waals surface area contributed by atoms with Gasteiger partial charge in [0, 0.05) is 22.1 Å². The van der Waals surface area contributed by atoms with E-state index in [1.807, 2.05) is 54.6 Å². The molecule has 0 unspecified atom stereocenters. The minimum absolute atomic E-state index is 0.844. The monoisotopic (exact) mass is 300 g/mol. The highest BCUT2D eigenvalue weighted by atomic mass is 16.5. The van der Waals surface area contributed by atoms with Gasteiger partial charge in [0.25, 0.3) is 0 Å². The van der Waals surface area contributed by atoms with Crippen molar-refractivity contribution in [3.05, 3.63) is 78.9 Å². The van der Waals surface area contributed by atoms with E-state index < -0.39 is 0 Å². The van der Waals surface area contributed by atoms with Crippen LogP contribution in [0.1, 0.15) is 0 Å². The number of benzene rings is 3. The third kappa shape index (κ3) is 2.29. The van der Waals surface area contributed by atoms with Gasteiger partial charge < -0.3 is 9.15 Å².